The van der Waals surface area contributed by atoms with Crippen LogP contribution in [0.4, 0.5) is 0 Å². The van der Waals surface area contributed by atoms with Crippen LogP contribution in [0, 0.1) is 0 Å². The molecule has 122 valence electrons. The van der Waals surface area contributed by atoms with E-state index in [0.29, 0.717) is 17.8 Å². The van der Waals surface area contributed by atoms with Crippen molar-refractivity contribution in [3.05, 3.63) is 59.4 Å². The summed E-state index contributed by atoms with van der Waals surface area (Å²) in [5, 5.41) is 0. The summed E-state index contributed by atoms with van der Waals surface area (Å²) in [6.07, 6.45) is 2.34. The van der Waals surface area contributed by atoms with Crippen molar-refractivity contribution in [2.45, 2.75) is 25.9 Å². The molecule has 0 radical (unpaired) electrons. The Morgan fingerprint density at radius 3 is 2.78 bits per heavy atom. The lowest BCUT2D eigenvalue weighted by Crippen LogP contribution is -2.36. The molecule has 5 heteroatoms. The predicted molar refractivity (Wildman–Crippen MR) is 90.4 cm³/mol. The van der Waals surface area contributed by atoms with Crippen molar-refractivity contribution in [3.63, 3.8) is 0 Å². The van der Waals surface area contributed by atoms with Crippen LogP contribution >= 0.6 is 0 Å². The number of ether oxygens (including phenoxy) is 1. The minimum absolute atomic E-state index is 0.0355. The van der Waals surface area contributed by atoms with E-state index >= 15 is 0 Å². The van der Waals surface area contributed by atoms with Gasteiger partial charge in [-0.25, -0.2) is 0 Å². The standard InChI is InChI=1S/C18H23N3O2/c1-13(10-14-6-4-5-7-17(14)23-3)21(2)18(22)15-8-9-20-16(11-15)12-19/h4-9,11,13H,10,12,19H2,1-3H3. The molecule has 1 atom stereocenters. The Labute approximate surface area is 137 Å². The number of benzene rings is 1. The first kappa shape index (κ1) is 17.0. The number of amides is 1. The summed E-state index contributed by atoms with van der Waals surface area (Å²) < 4.78 is 5.38. The first-order valence-electron chi connectivity index (χ1n) is 7.60. The van der Waals surface area contributed by atoms with Crippen LogP contribution in [-0.2, 0) is 13.0 Å². The molecule has 1 heterocycles. The van der Waals surface area contributed by atoms with Gasteiger partial charge in [0.15, 0.2) is 0 Å². The summed E-state index contributed by atoms with van der Waals surface area (Å²) in [5.41, 5.74) is 7.99. The number of carbonyl (C=O) groups is 1. The number of hydrogen-bond donors (Lipinski definition) is 1. The molecule has 5 nitrogen and oxygen atoms in total. The highest BCUT2D eigenvalue weighted by molar-refractivity contribution is 5.94. The van der Waals surface area contributed by atoms with E-state index in [2.05, 4.69) is 4.98 Å². The zero-order valence-corrected chi connectivity index (χ0v) is 13.8. The number of nitrogens with zero attached hydrogens (tertiary/aromatic N) is 2. The number of nitrogens with two attached hydrogens (primary N) is 1. The second kappa shape index (κ2) is 7.74. The SMILES string of the molecule is COc1ccccc1CC(C)N(C)C(=O)c1ccnc(CN)c1. The third kappa shape index (κ3) is 4.07. The smallest absolute Gasteiger partial charge is 0.253 e. The van der Waals surface area contributed by atoms with E-state index in [4.69, 9.17) is 10.5 Å². The van der Waals surface area contributed by atoms with E-state index in [0.717, 1.165) is 17.7 Å². The number of pyridine rings is 1. The van der Waals surface area contributed by atoms with E-state index in [9.17, 15) is 4.79 Å². The molecule has 0 saturated heterocycles. The average molecular weight is 313 g/mol. The van der Waals surface area contributed by atoms with Gasteiger partial charge in [-0.15, -0.1) is 0 Å². The molecule has 0 fully saturated rings. The molecule has 0 bridgehead atoms. The van der Waals surface area contributed by atoms with Crippen molar-refractivity contribution < 1.29 is 9.53 Å². The van der Waals surface area contributed by atoms with Gasteiger partial charge < -0.3 is 15.4 Å². The van der Waals surface area contributed by atoms with Crippen LogP contribution in [0.1, 0.15) is 28.5 Å². The van der Waals surface area contributed by atoms with Gasteiger partial charge in [0.2, 0.25) is 0 Å². The highest BCUT2D eigenvalue weighted by Crippen LogP contribution is 2.20. The van der Waals surface area contributed by atoms with Gasteiger partial charge in [0, 0.05) is 31.4 Å². The van der Waals surface area contributed by atoms with Gasteiger partial charge in [-0.2, -0.15) is 0 Å². The van der Waals surface area contributed by atoms with Gasteiger partial charge >= 0.3 is 0 Å². The van der Waals surface area contributed by atoms with E-state index < -0.39 is 0 Å². The summed E-state index contributed by atoms with van der Waals surface area (Å²) in [5.74, 6) is 0.805. The molecule has 2 rings (SSSR count). The fourth-order valence-corrected chi connectivity index (χ4v) is 2.45. The second-order valence-corrected chi connectivity index (χ2v) is 5.52. The van der Waals surface area contributed by atoms with Crippen LogP contribution in [0.2, 0.25) is 0 Å². The number of para-hydroxylation sites is 1. The summed E-state index contributed by atoms with van der Waals surface area (Å²) in [7, 11) is 3.47. The number of aromatic nitrogens is 1. The molecular formula is C18H23N3O2. The quantitative estimate of drug-likeness (QED) is 0.888. The van der Waals surface area contributed by atoms with Crippen LogP contribution in [0.3, 0.4) is 0 Å². The Morgan fingerprint density at radius 1 is 1.35 bits per heavy atom. The zero-order valence-electron chi connectivity index (χ0n) is 13.8. The lowest BCUT2D eigenvalue weighted by atomic mass is 10.0. The molecular weight excluding hydrogens is 290 g/mol. The molecule has 23 heavy (non-hydrogen) atoms. The number of hydrogen-bond acceptors (Lipinski definition) is 4. The van der Waals surface area contributed by atoms with E-state index in [-0.39, 0.29) is 11.9 Å². The van der Waals surface area contributed by atoms with E-state index in [1.54, 1.807) is 30.3 Å². The van der Waals surface area contributed by atoms with Crippen LogP contribution < -0.4 is 10.5 Å². The Hall–Kier alpha value is -2.40. The van der Waals surface area contributed by atoms with E-state index in [1.807, 2.05) is 38.2 Å². The zero-order chi connectivity index (χ0) is 16.8. The third-order valence-corrected chi connectivity index (χ3v) is 3.96. The normalized spacial score (nSPS) is 11.8. The highest BCUT2D eigenvalue weighted by atomic mass is 16.5. The van der Waals surface area contributed by atoms with Crippen LogP contribution in [0.25, 0.3) is 0 Å². The minimum atomic E-state index is -0.0375. The largest absolute Gasteiger partial charge is 0.496 e. The summed E-state index contributed by atoms with van der Waals surface area (Å²) in [6.45, 7) is 2.34. The number of rotatable bonds is 6. The van der Waals surface area contributed by atoms with Crippen LogP contribution in [0.15, 0.2) is 42.6 Å². The lowest BCUT2D eigenvalue weighted by molar-refractivity contribution is 0.0742. The maximum atomic E-state index is 12.6. The van der Waals surface area contributed by atoms with Crippen molar-refractivity contribution in [1.29, 1.82) is 0 Å². The predicted octanol–water partition coefficient (Wildman–Crippen LogP) is 2.25. The van der Waals surface area contributed by atoms with Gasteiger partial charge in [-0.05, 0) is 37.1 Å². The number of likely N-dealkylation sites (N-methyl/N-ethyl adjacent to an activating group) is 1. The first-order valence-corrected chi connectivity index (χ1v) is 7.60. The molecule has 1 aromatic carbocycles. The monoisotopic (exact) mass is 313 g/mol. The molecule has 0 aliphatic heterocycles. The average Bonchev–Trinajstić information content (AvgIpc) is 2.60. The maximum absolute atomic E-state index is 12.6. The minimum Gasteiger partial charge on any atom is -0.496 e. The molecule has 0 saturated carbocycles. The summed E-state index contributed by atoms with van der Waals surface area (Å²) in [6, 6.07) is 11.4. The summed E-state index contributed by atoms with van der Waals surface area (Å²) in [4.78, 5) is 18.5. The number of carbonyl (C=O) groups excluding carboxylic acids is 1. The van der Waals surface area contributed by atoms with Gasteiger partial charge in [-0.3, -0.25) is 9.78 Å². The summed E-state index contributed by atoms with van der Waals surface area (Å²) >= 11 is 0. The molecule has 1 unspecified atom stereocenters. The van der Waals surface area contributed by atoms with Crippen molar-refractivity contribution >= 4 is 5.91 Å². The fourth-order valence-electron chi connectivity index (χ4n) is 2.45. The van der Waals surface area contributed by atoms with Gasteiger partial charge in [0.05, 0.1) is 12.8 Å². The van der Waals surface area contributed by atoms with Gasteiger partial charge in [0.25, 0.3) is 5.91 Å². The topological polar surface area (TPSA) is 68.5 Å². The Balaban J connectivity index is 2.12. The molecule has 2 N–H and O–H groups in total. The molecule has 0 spiro atoms. The van der Waals surface area contributed by atoms with Crippen molar-refractivity contribution in [1.82, 2.24) is 9.88 Å². The number of methoxy groups -OCH3 is 1. The molecule has 0 aliphatic carbocycles. The van der Waals surface area contributed by atoms with Gasteiger partial charge in [-0.1, -0.05) is 18.2 Å². The Kier molecular flexibility index (Phi) is 5.71. The van der Waals surface area contributed by atoms with Crippen molar-refractivity contribution in [2.24, 2.45) is 5.73 Å². The lowest BCUT2D eigenvalue weighted by Gasteiger charge is -2.26. The second-order valence-electron chi connectivity index (χ2n) is 5.52. The van der Waals surface area contributed by atoms with Crippen LogP contribution in [-0.4, -0.2) is 36.0 Å². The third-order valence-electron chi connectivity index (χ3n) is 3.96. The fraction of sp³-hybridized carbons (Fsp3) is 0.333. The van der Waals surface area contributed by atoms with Crippen molar-refractivity contribution in [3.8, 4) is 5.75 Å². The Bertz CT molecular complexity index is 673. The molecule has 1 amide bonds. The van der Waals surface area contributed by atoms with Gasteiger partial charge in [0.1, 0.15) is 5.75 Å². The van der Waals surface area contributed by atoms with E-state index in [1.165, 1.54) is 0 Å². The Morgan fingerprint density at radius 2 is 2.09 bits per heavy atom. The highest BCUT2D eigenvalue weighted by Gasteiger charge is 2.19. The molecule has 2 aromatic rings. The maximum Gasteiger partial charge on any atom is 0.253 e. The molecule has 0 aliphatic rings. The molecule has 1 aromatic heterocycles. The van der Waals surface area contributed by atoms with Crippen LogP contribution in [0.5, 0.6) is 5.75 Å². The first-order chi connectivity index (χ1) is 11.1. The van der Waals surface area contributed by atoms with Crippen molar-refractivity contribution in [2.75, 3.05) is 14.2 Å².